The van der Waals surface area contributed by atoms with Gasteiger partial charge in [0.15, 0.2) is 17.5 Å². The number of rotatable bonds is 8. The fraction of sp³-hybridized carbons (Fsp3) is 0. The van der Waals surface area contributed by atoms with E-state index in [0.29, 0.717) is 17.5 Å². The maximum absolute atomic E-state index is 6.47. The van der Waals surface area contributed by atoms with Gasteiger partial charge in [-0.1, -0.05) is 218 Å². The standard InChI is InChI=1S/C63H39N3OS/c1-4-17-40(18-5-1)45-37-38-56-55(39-45)58-54(31-16-32-57(58)67-56)63-65-61(44-21-8-3-9-22-44)64-62(66-63)53-26-13-11-24-47(53)42-33-35-43(36-34-42)48-27-14-29-51-52-30-15-28-50(60(52)68-59(48)51)49-25-12-10-23-46(49)41-19-6-2-7-20-41/h1-39H. The quantitative estimate of drug-likeness (QED) is 0.153. The number of hydrogen-bond acceptors (Lipinski definition) is 5. The summed E-state index contributed by atoms with van der Waals surface area (Å²) in [6, 6.07) is 83.4. The smallest absolute Gasteiger partial charge is 0.164 e. The van der Waals surface area contributed by atoms with Gasteiger partial charge in [-0.3, -0.25) is 0 Å². The Morgan fingerprint density at radius 2 is 0.721 bits per heavy atom. The molecule has 13 aromatic rings. The molecule has 3 aromatic heterocycles. The molecule has 4 nitrogen and oxygen atoms in total. The molecular weight excluding hydrogens is 847 g/mol. The summed E-state index contributed by atoms with van der Waals surface area (Å²) in [4.78, 5) is 15.7. The highest BCUT2D eigenvalue weighted by molar-refractivity contribution is 7.26. The van der Waals surface area contributed by atoms with E-state index < -0.39 is 0 Å². The topological polar surface area (TPSA) is 51.8 Å². The highest BCUT2D eigenvalue weighted by atomic mass is 32.1. The van der Waals surface area contributed by atoms with Crippen LogP contribution >= 0.6 is 11.3 Å². The normalized spacial score (nSPS) is 11.5. The second-order valence-corrected chi connectivity index (χ2v) is 18.1. The Morgan fingerprint density at radius 3 is 1.41 bits per heavy atom. The van der Waals surface area contributed by atoms with E-state index in [2.05, 4.69) is 200 Å². The molecule has 0 radical (unpaired) electrons. The minimum absolute atomic E-state index is 0.584. The lowest BCUT2D eigenvalue weighted by Crippen LogP contribution is -2.01. The van der Waals surface area contributed by atoms with Crippen molar-refractivity contribution < 1.29 is 4.42 Å². The van der Waals surface area contributed by atoms with Crippen molar-refractivity contribution in [2.45, 2.75) is 0 Å². The molecule has 3 heterocycles. The van der Waals surface area contributed by atoms with E-state index in [0.717, 1.165) is 60.9 Å². The van der Waals surface area contributed by atoms with Gasteiger partial charge in [-0.25, -0.2) is 15.0 Å². The van der Waals surface area contributed by atoms with Crippen LogP contribution in [0.1, 0.15) is 0 Å². The Bertz CT molecular complexity index is 4010. The van der Waals surface area contributed by atoms with E-state index in [1.807, 2.05) is 47.7 Å². The molecule has 0 atom stereocenters. The van der Waals surface area contributed by atoms with Gasteiger partial charge >= 0.3 is 0 Å². The van der Waals surface area contributed by atoms with Crippen LogP contribution < -0.4 is 0 Å². The molecule has 0 unspecified atom stereocenters. The number of hydrogen-bond donors (Lipinski definition) is 0. The summed E-state index contributed by atoms with van der Waals surface area (Å²) in [6.45, 7) is 0. The number of furan rings is 1. The average molecular weight is 886 g/mol. The minimum atomic E-state index is 0.584. The summed E-state index contributed by atoms with van der Waals surface area (Å²) in [5.41, 5.74) is 16.0. The van der Waals surface area contributed by atoms with E-state index in [4.69, 9.17) is 19.4 Å². The number of thiophene rings is 1. The van der Waals surface area contributed by atoms with E-state index in [1.54, 1.807) is 0 Å². The molecule has 0 N–H and O–H groups in total. The Kier molecular flexibility index (Phi) is 9.66. The highest BCUT2D eigenvalue weighted by Crippen LogP contribution is 2.46. The zero-order valence-corrected chi connectivity index (χ0v) is 37.5. The number of nitrogens with zero attached hydrogens (tertiary/aromatic N) is 3. The Balaban J connectivity index is 0.912. The fourth-order valence-corrected chi connectivity index (χ4v) is 11.1. The first-order chi connectivity index (χ1) is 33.7. The largest absolute Gasteiger partial charge is 0.456 e. The third-order valence-corrected chi connectivity index (χ3v) is 14.3. The lowest BCUT2D eigenvalue weighted by molar-refractivity contribution is 0.669. The van der Waals surface area contributed by atoms with Crippen molar-refractivity contribution in [2.24, 2.45) is 0 Å². The van der Waals surface area contributed by atoms with Crippen LogP contribution in [0.5, 0.6) is 0 Å². The summed E-state index contributed by atoms with van der Waals surface area (Å²) >= 11 is 1.88. The molecular formula is C63H39N3OS. The number of aromatic nitrogens is 3. The maximum Gasteiger partial charge on any atom is 0.164 e. The van der Waals surface area contributed by atoms with Gasteiger partial charge in [0.05, 0.1) is 0 Å². The zero-order valence-electron chi connectivity index (χ0n) is 36.7. The molecule has 0 amide bonds. The first-order valence-electron chi connectivity index (χ1n) is 22.8. The number of benzene rings is 10. The van der Waals surface area contributed by atoms with Gasteiger partial charge in [-0.15, -0.1) is 11.3 Å². The van der Waals surface area contributed by atoms with Gasteiger partial charge < -0.3 is 4.42 Å². The van der Waals surface area contributed by atoms with Gasteiger partial charge in [0.25, 0.3) is 0 Å². The first kappa shape index (κ1) is 39.6. The average Bonchev–Trinajstić information content (AvgIpc) is 4.00. The lowest BCUT2D eigenvalue weighted by Gasteiger charge is -2.13. The second-order valence-electron chi connectivity index (χ2n) is 17.0. The van der Waals surface area contributed by atoms with Crippen molar-refractivity contribution in [3.05, 3.63) is 237 Å². The van der Waals surface area contributed by atoms with Crippen LogP contribution in [0, 0.1) is 0 Å². The van der Waals surface area contributed by atoms with Crippen LogP contribution in [0.2, 0.25) is 0 Å². The zero-order chi connectivity index (χ0) is 45.0. The summed E-state index contributed by atoms with van der Waals surface area (Å²) in [6.07, 6.45) is 0. The van der Waals surface area contributed by atoms with E-state index in [9.17, 15) is 0 Å². The third-order valence-electron chi connectivity index (χ3n) is 13.0. The summed E-state index contributed by atoms with van der Waals surface area (Å²) in [7, 11) is 0. The Morgan fingerprint density at radius 1 is 0.265 bits per heavy atom. The molecule has 13 rings (SSSR count). The van der Waals surface area contributed by atoms with Gasteiger partial charge in [0.2, 0.25) is 0 Å². The third kappa shape index (κ3) is 6.88. The lowest BCUT2D eigenvalue weighted by atomic mass is 9.93. The van der Waals surface area contributed by atoms with Crippen molar-refractivity contribution in [2.75, 3.05) is 0 Å². The van der Waals surface area contributed by atoms with Crippen LogP contribution in [0.15, 0.2) is 241 Å². The molecule has 0 spiro atoms. The van der Waals surface area contributed by atoms with E-state index in [1.165, 1.54) is 53.6 Å². The number of fused-ring (bicyclic) bond motifs is 6. The molecule has 0 fully saturated rings. The summed E-state index contributed by atoms with van der Waals surface area (Å²) in [5, 5.41) is 4.54. The van der Waals surface area contributed by atoms with Crippen LogP contribution in [0.4, 0.5) is 0 Å². The van der Waals surface area contributed by atoms with Crippen LogP contribution in [-0.2, 0) is 0 Å². The molecule has 68 heavy (non-hydrogen) atoms. The molecule has 0 aliphatic heterocycles. The van der Waals surface area contributed by atoms with Crippen molar-refractivity contribution in [1.29, 1.82) is 0 Å². The SMILES string of the molecule is c1ccc(-c2ccc3oc4cccc(-c5nc(-c6ccccc6)nc(-c6ccccc6-c6ccc(-c7cccc8c7sc7c(-c9ccccc9-c9ccccc9)cccc78)cc6)n5)c4c3c2)cc1. The second kappa shape index (κ2) is 16.6. The molecule has 318 valence electrons. The van der Waals surface area contributed by atoms with Gasteiger partial charge in [0.1, 0.15) is 11.2 Å². The highest BCUT2D eigenvalue weighted by Gasteiger charge is 2.21. The molecule has 0 saturated carbocycles. The molecule has 10 aromatic carbocycles. The van der Waals surface area contributed by atoms with Crippen LogP contribution in [0.25, 0.3) is 132 Å². The molecule has 0 bridgehead atoms. The Labute approximate surface area is 397 Å². The predicted molar refractivity (Wildman–Crippen MR) is 283 cm³/mol. The molecule has 0 saturated heterocycles. The van der Waals surface area contributed by atoms with Crippen LogP contribution in [-0.4, -0.2) is 15.0 Å². The molecule has 5 heteroatoms. The van der Waals surface area contributed by atoms with Crippen molar-refractivity contribution in [3.63, 3.8) is 0 Å². The van der Waals surface area contributed by atoms with E-state index >= 15 is 0 Å². The minimum Gasteiger partial charge on any atom is -0.456 e. The van der Waals surface area contributed by atoms with Crippen molar-refractivity contribution in [1.82, 2.24) is 15.0 Å². The molecule has 0 aliphatic carbocycles. The monoisotopic (exact) mass is 885 g/mol. The summed E-state index contributed by atoms with van der Waals surface area (Å²) in [5.74, 6) is 1.79. The van der Waals surface area contributed by atoms with Gasteiger partial charge in [-0.05, 0) is 68.3 Å². The first-order valence-corrected chi connectivity index (χ1v) is 23.7. The van der Waals surface area contributed by atoms with Gasteiger partial charge in [-0.2, -0.15) is 0 Å². The van der Waals surface area contributed by atoms with Crippen molar-refractivity contribution >= 4 is 53.4 Å². The van der Waals surface area contributed by atoms with E-state index in [-0.39, 0.29) is 0 Å². The fourth-order valence-electron chi connectivity index (χ4n) is 9.76. The van der Waals surface area contributed by atoms with Crippen molar-refractivity contribution in [3.8, 4) is 89.8 Å². The predicted octanol–water partition coefficient (Wildman–Crippen LogP) is 17.5. The molecule has 0 aliphatic rings. The summed E-state index contributed by atoms with van der Waals surface area (Å²) < 4.78 is 9.04. The maximum atomic E-state index is 6.47. The van der Waals surface area contributed by atoms with Gasteiger partial charge in [0, 0.05) is 53.2 Å². The Hall–Kier alpha value is -8.77. The van der Waals surface area contributed by atoms with Crippen LogP contribution in [0.3, 0.4) is 0 Å².